The highest BCUT2D eigenvalue weighted by Gasteiger charge is 2.33. The van der Waals surface area contributed by atoms with Crippen molar-refractivity contribution >= 4 is 10.0 Å². The molecule has 1 heterocycles. The van der Waals surface area contributed by atoms with Gasteiger partial charge in [-0.05, 0) is 56.4 Å². The quantitative estimate of drug-likeness (QED) is 0.804. The first kappa shape index (κ1) is 19.6. The average molecular weight is 381 g/mol. The largest absolute Gasteiger partial charge is 0.496 e. The van der Waals surface area contributed by atoms with E-state index in [-0.39, 0.29) is 0 Å². The minimum atomic E-state index is -3.47. The lowest BCUT2D eigenvalue weighted by Gasteiger charge is -2.40. The molecule has 26 heavy (non-hydrogen) atoms. The van der Waals surface area contributed by atoms with E-state index < -0.39 is 10.0 Å². The summed E-state index contributed by atoms with van der Waals surface area (Å²) in [5.41, 5.74) is 2.47. The lowest BCUT2D eigenvalue weighted by Crippen LogP contribution is -2.52. The molecule has 0 unspecified atom stereocenters. The zero-order chi connectivity index (χ0) is 18.9. The Morgan fingerprint density at radius 3 is 2.15 bits per heavy atom. The van der Waals surface area contributed by atoms with Crippen molar-refractivity contribution in [2.75, 3.05) is 33.3 Å². The van der Waals surface area contributed by atoms with Crippen LogP contribution in [0.3, 0.4) is 0 Å². The fraction of sp³-hybridized carbons (Fsp3) is 0.700. The first-order chi connectivity index (χ1) is 12.4. The SMILES string of the molecule is COc1cc(C)c(S(=O)(=O)N2CCN(C3CCCCC3)CC2)c(C)c1C. The van der Waals surface area contributed by atoms with Crippen LogP contribution >= 0.6 is 0 Å². The molecule has 6 heteroatoms. The monoisotopic (exact) mass is 380 g/mol. The van der Waals surface area contributed by atoms with Gasteiger partial charge in [-0.2, -0.15) is 4.31 Å². The third-order valence-electron chi connectivity index (χ3n) is 6.16. The van der Waals surface area contributed by atoms with Crippen LogP contribution in [0.15, 0.2) is 11.0 Å². The van der Waals surface area contributed by atoms with Crippen molar-refractivity contribution in [3.05, 3.63) is 22.8 Å². The average Bonchev–Trinajstić information content (AvgIpc) is 2.65. The fourth-order valence-electron chi connectivity index (χ4n) is 4.51. The molecule has 1 aliphatic heterocycles. The molecule has 146 valence electrons. The van der Waals surface area contributed by atoms with Gasteiger partial charge in [-0.1, -0.05) is 19.3 Å². The van der Waals surface area contributed by atoms with Gasteiger partial charge in [0.2, 0.25) is 10.0 Å². The van der Waals surface area contributed by atoms with Crippen molar-refractivity contribution < 1.29 is 13.2 Å². The van der Waals surface area contributed by atoms with Crippen molar-refractivity contribution in [3.8, 4) is 5.75 Å². The lowest BCUT2D eigenvalue weighted by molar-refractivity contribution is 0.111. The van der Waals surface area contributed by atoms with E-state index in [1.807, 2.05) is 26.8 Å². The van der Waals surface area contributed by atoms with Crippen molar-refractivity contribution in [2.45, 2.75) is 63.8 Å². The molecule has 1 saturated heterocycles. The first-order valence-corrected chi connectivity index (χ1v) is 11.2. The lowest BCUT2D eigenvalue weighted by atomic mass is 9.94. The van der Waals surface area contributed by atoms with Gasteiger partial charge in [-0.15, -0.1) is 0 Å². The minimum absolute atomic E-state index is 0.460. The molecule has 0 spiro atoms. The predicted molar refractivity (Wildman–Crippen MR) is 104 cm³/mol. The molecule has 0 bridgehead atoms. The van der Waals surface area contributed by atoms with E-state index in [4.69, 9.17) is 4.74 Å². The summed E-state index contributed by atoms with van der Waals surface area (Å²) in [4.78, 5) is 2.96. The van der Waals surface area contributed by atoms with Crippen LogP contribution in [0.4, 0.5) is 0 Å². The standard InChI is InChI=1S/C20H32N2O3S/c1-15-14-19(25-4)16(2)17(3)20(15)26(23,24)22-12-10-21(11-13-22)18-8-6-5-7-9-18/h14,18H,5-13H2,1-4H3. The Bertz CT molecular complexity index is 747. The Labute approximate surface area is 158 Å². The van der Waals surface area contributed by atoms with Gasteiger partial charge in [0.1, 0.15) is 5.75 Å². The molecule has 1 aliphatic carbocycles. The van der Waals surface area contributed by atoms with E-state index in [0.29, 0.717) is 24.0 Å². The maximum Gasteiger partial charge on any atom is 0.243 e. The molecule has 0 radical (unpaired) electrons. The van der Waals surface area contributed by atoms with Crippen molar-refractivity contribution in [2.24, 2.45) is 0 Å². The number of ether oxygens (including phenoxy) is 1. The van der Waals surface area contributed by atoms with Crippen LogP contribution in [-0.2, 0) is 10.0 Å². The van der Waals surface area contributed by atoms with Gasteiger partial charge >= 0.3 is 0 Å². The van der Waals surface area contributed by atoms with Crippen molar-refractivity contribution in [1.29, 1.82) is 0 Å². The van der Waals surface area contributed by atoms with Gasteiger partial charge in [0.25, 0.3) is 0 Å². The molecule has 1 aromatic rings. The van der Waals surface area contributed by atoms with Crippen LogP contribution in [0, 0.1) is 20.8 Å². The molecular weight excluding hydrogens is 348 g/mol. The topological polar surface area (TPSA) is 49.9 Å². The number of hydrogen-bond acceptors (Lipinski definition) is 4. The van der Waals surface area contributed by atoms with E-state index >= 15 is 0 Å². The van der Waals surface area contributed by atoms with Crippen LogP contribution in [0.5, 0.6) is 5.75 Å². The fourth-order valence-corrected chi connectivity index (χ4v) is 6.42. The smallest absolute Gasteiger partial charge is 0.243 e. The van der Waals surface area contributed by atoms with Gasteiger partial charge in [0.15, 0.2) is 0 Å². The highest BCUT2D eigenvalue weighted by Crippen LogP contribution is 2.33. The number of hydrogen-bond donors (Lipinski definition) is 0. The van der Waals surface area contributed by atoms with E-state index in [1.165, 1.54) is 32.1 Å². The molecule has 2 fully saturated rings. The van der Waals surface area contributed by atoms with Crippen LogP contribution in [-0.4, -0.2) is 57.0 Å². The predicted octanol–water partition coefficient (Wildman–Crippen LogP) is 3.26. The number of nitrogens with zero attached hydrogens (tertiary/aromatic N) is 2. The Kier molecular flexibility index (Phi) is 5.94. The molecule has 5 nitrogen and oxygen atoms in total. The second-order valence-corrected chi connectivity index (χ2v) is 9.58. The van der Waals surface area contributed by atoms with E-state index in [0.717, 1.165) is 35.5 Å². The van der Waals surface area contributed by atoms with Crippen LogP contribution < -0.4 is 4.74 Å². The zero-order valence-electron chi connectivity index (χ0n) is 16.5. The maximum atomic E-state index is 13.3. The Morgan fingerprint density at radius 1 is 0.962 bits per heavy atom. The normalized spacial score (nSPS) is 21.1. The van der Waals surface area contributed by atoms with Crippen molar-refractivity contribution in [1.82, 2.24) is 9.21 Å². The summed E-state index contributed by atoms with van der Waals surface area (Å²) in [5, 5.41) is 0. The molecule has 2 aliphatic rings. The molecule has 0 amide bonds. The Hall–Kier alpha value is -1.11. The molecule has 3 rings (SSSR count). The molecule has 0 aromatic heterocycles. The summed E-state index contributed by atoms with van der Waals surface area (Å²) in [6.45, 7) is 8.53. The van der Waals surface area contributed by atoms with E-state index in [9.17, 15) is 8.42 Å². The summed E-state index contributed by atoms with van der Waals surface area (Å²) in [6.07, 6.45) is 6.50. The Balaban J connectivity index is 1.79. The molecule has 1 saturated carbocycles. The van der Waals surface area contributed by atoms with Crippen LogP contribution in [0.1, 0.15) is 48.8 Å². The number of methoxy groups -OCH3 is 1. The van der Waals surface area contributed by atoms with E-state index in [1.54, 1.807) is 11.4 Å². The molecular formula is C20H32N2O3S. The number of benzene rings is 1. The highest BCUT2D eigenvalue weighted by atomic mass is 32.2. The number of aryl methyl sites for hydroxylation is 1. The molecule has 1 aromatic carbocycles. The second-order valence-electron chi connectivity index (χ2n) is 7.71. The minimum Gasteiger partial charge on any atom is -0.496 e. The summed E-state index contributed by atoms with van der Waals surface area (Å²) in [7, 11) is -1.85. The van der Waals surface area contributed by atoms with Gasteiger partial charge in [0, 0.05) is 32.2 Å². The summed E-state index contributed by atoms with van der Waals surface area (Å²) in [6, 6.07) is 2.49. The van der Waals surface area contributed by atoms with Crippen LogP contribution in [0.2, 0.25) is 0 Å². The summed E-state index contributed by atoms with van der Waals surface area (Å²) >= 11 is 0. The van der Waals surface area contributed by atoms with Gasteiger partial charge in [0.05, 0.1) is 12.0 Å². The number of sulfonamides is 1. The first-order valence-electron chi connectivity index (χ1n) is 9.75. The third kappa shape index (κ3) is 3.64. The van der Waals surface area contributed by atoms with E-state index in [2.05, 4.69) is 4.90 Å². The van der Waals surface area contributed by atoms with Gasteiger partial charge < -0.3 is 4.74 Å². The number of rotatable bonds is 4. The highest BCUT2D eigenvalue weighted by molar-refractivity contribution is 7.89. The molecule has 0 N–H and O–H groups in total. The third-order valence-corrected chi connectivity index (χ3v) is 8.35. The zero-order valence-corrected chi connectivity index (χ0v) is 17.4. The summed E-state index contributed by atoms with van der Waals surface area (Å²) in [5.74, 6) is 0.751. The number of piperazine rings is 1. The summed E-state index contributed by atoms with van der Waals surface area (Å²) < 4.78 is 33.7. The second kappa shape index (κ2) is 7.87. The molecule has 0 atom stereocenters. The van der Waals surface area contributed by atoms with Crippen molar-refractivity contribution in [3.63, 3.8) is 0 Å². The van der Waals surface area contributed by atoms with Crippen LogP contribution in [0.25, 0.3) is 0 Å². The van der Waals surface area contributed by atoms with Gasteiger partial charge in [-0.3, -0.25) is 4.90 Å². The van der Waals surface area contributed by atoms with Gasteiger partial charge in [-0.25, -0.2) is 8.42 Å². The Morgan fingerprint density at radius 2 is 1.58 bits per heavy atom. The maximum absolute atomic E-state index is 13.3.